The fraction of sp³-hybridized carbons (Fsp3) is 0.0870. The quantitative estimate of drug-likeness (QED) is 0.324. The van der Waals surface area contributed by atoms with E-state index in [1.807, 2.05) is 6.07 Å². The maximum atomic E-state index is 13.1. The number of aliphatic hydroxyl groups is 1. The number of nitrogens with zero attached hydrogens (tertiary/aromatic N) is 2. The fourth-order valence-corrected chi connectivity index (χ4v) is 4.17. The molecule has 1 amide bonds. The van der Waals surface area contributed by atoms with Crippen molar-refractivity contribution in [3.63, 3.8) is 0 Å². The summed E-state index contributed by atoms with van der Waals surface area (Å²) in [6.07, 6.45) is 1.39. The van der Waals surface area contributed by atoms with Gasteiger partial charge >= 0.3 is 0 Å². The molecule has 0 bridgehead atoms. The van der Waals surface area contributed by atoms with Crippen LogP contribution < -0.4 is 9.64 Å². The van der Waals surface area contributed by atoms with E-state index in [0.717, 1.165) is 0 Å². The lowest BCUT2D eigenvalue weighted by Gasteiger charge is -2.23. The number of furan rings is 1. The van der Waals surface area contributed by atoms with Crippen LogP contribution in [0, 0.1) is 11.3 Å². The molecule has 7 nitrogen and oxygen atoms in total. The lowest BCUT2D eigenvalue weighted by atomic mass is 9.98. The topological polar surface area (TPSA) is 104 Å². The third-order valence-electron chi connectivity index (χ3n) is 5.00. The maximum Gasteiger partial charge on any atom is 0.300 e. The number of hydrogen-bond donors (Lipinski definition) is 1. The lowest BCUT2D eigenvalue weighted by molar-refractivity contribution is -0.132. The molecule has 1 unspecified atom stereocenters. The van der Waals surface area contributed by atoms with Crippen LogP contribution in [0.25, 0.3) is 5.76 Å². The van der Waals surface area contributed by atoms with Gasteiger partial charge in [0.05, 0.1) is 41.2 Å². The second-order valence-corrected chi connectivity index (χ2v) is 7.66. The number of aliphatic hydroxyl groups excluding tert-OH is 1. The summed E-state index contributed by atoms with van der Waals surface area (Å²) in [7, 11) is 1.35. The van der Waals surface area contributed by atoms with Gasteiger partial charge in [-0.15, -0.1) is 0 Å². The van der Waals surface area contributed by atoms with Crippen molar-refractivity contribution >= 4 is 46.3 Å². The van der Waals surface area contributed by atoms with Crippen LogP contribution in [0.2, 0.25) is 10.0 Å². The molecule has 160 valence electrons. The number of rotatable bonds is 4. The van der Waals surface area contributed by atoms with Crippen LogP contribution in [0.5, 0.6) is 5.75 Å². The van der Waals surface area contributed by atoms with E-state index < -0.39 is 23.5 Å². The molecule has 1 atom stereocenters. The molecule has 0 radical (unpaired) electrons. The Bertz CT molecular complexity index is 1290. The largest absolute Gasteiger partial charge is 0.507 e. The highest BCUT2D eigenvalue weighted by molar-refractivity contribution is 6.51. The molecule has 9 heteroatoms. The Morgan fingerprint density at radius 2 is 1.91 bits per heavy atom. The predicted molar refractivity (Wildman–Crippen MR) is 118 cm³/mol. The van der Waals surface area contributed by atoms with Crippen molar-refractivity contribution < 1.29 is 23.8 Å². The molecule has 2 aromatic carbocycles. The number of methoxy groups -OCH3 is 1. The Labute approximate surface area is 192 Å². The first kappa shape index (κ1) is 21.5. The number of carbonyl (C=O) groups excluding carboxylic acids is 2. The number of halogens is 2. The van der Waals surface area contributed by atoms with Crippen LogP contribution in [0.3, 0.4) is 0 Å². The van der Waals surface area contributed by atoms with Gasteiger partial charge in [0.2, 0.25) is 0 Å². The Balaban J connectivity index is 1.96. The summed E-state index contributed by atoms with van der Waals surface area (Å²) in [6.45, 7) is 0. The van der Waals surface area contributed by atoms with Crippen molar-refractivity contribution in [2.75, 3.05) is 12.0 Å². The smallest absolute Gasteiger partial charge is 0.300 e. The average Bonchev–Trinajstić information content (AvgIpc) is 3.40. The van der Waals surface area contributed by atoms with Crippen molar-refractivity contribution in [1.82, 2.24) is 0 Å². The number of Topliss-reactive ketones (excluding diaryl/α,β-unsaturated/α-hetero) is 1. The highest BCUT2D eigenvalue weighted by Crippen LogP contribution is 2.45. The van der Waals surface area contributed by atoms with E-state index in [0.29, 0.717) is 11.3 Å². The zero-order chi connectivity index (χ0) is 23.0. The summed E-state index contributed by atoms with van der Waals surface area (Å²) in [5.74, 6) is -1.96. The Kier molecular flexibility index (Phi) is 5.66. The van der Waals surface area contributed by atoms with Crippen LogP contribution in [0.15, 0.2) is 64.8 Å². The van der Waals surface area contributed by atoms with Gasteiger partial charge in [-0.2, -0.15) is 5.26 Å². The second kappa shape index (κ2) is 8.42. The van der Waals surface area contributed by atoms with Gasteiger partial charge in [-0.1, -0.05) is 23.2 Å². The second-order valence-electron chi connectivity index (χ2n) is 6.81. The number of amides is 1. The Morgan fingerprint density at radius 3 is 2.50 bits per heavy atom. The standard InChI is InChI=1S/C23H14Cl2N2O5/c1-31-22-15(9-13(24)10-16(22)25)20(28)18-19(17-3-2-8-32-17)27(23(30)21(18)29)14-6-4-12(11-26)5-7-14/h2-10,19,28H,1H3/b20-18-. The Hall–Kier alpha value is -3.73. The highest BCUT2D eigenvalue weighted by Gasteiger charge is 2.48. The normalized spacial score (nSPS) is 17.4. The van der Waals surface area contributed by atoms with Crippen LogP contribution in [0.4, 0.5) is 5.69 Å². The zero-order valence-corrected chi connectivity index (χ0v) is 18.0. The molecule has 3 aromatic rings. The van der Waals surface area contributed by atoms with Crippen LogP contribution in [0.1, 0.15) is 22.9 Å². The van der Waals surface area contributed by atoms with E-state index in [1.165, 1.54) is 54.7 Å². The van der Waals surface area contributed by atoms with E-state index in [-0.39, 0.29) is 32.7 Å². The molecule has 0 saturated carbocycles. The summed E-state index contributed by atoms with van der Waals surface area (Å²) in [5.41, 5.74) is 0.575. The number of hydrogen-bond acceptors (Lipinski definition) is 6. The first-order valence-electron chi connectivity index (χ1n) is 9.25. The molecule has 1 aromatic heterocycles. The van der Waals surface area contributed by atoms with Gasteiger partial charge in [0.15, 0.2) is 0 Å². The van der Waals surface area contributed by atoms with E-state index in [2.05, 4.69) is 0 Å². The SMILES string of the molecule is COc1c(Cl)cc(Cl)cc1/C(O)=C1/C(=O)C(=O)N(c2ccc(C#N)cc2)C1c1ccco1. The molecular formula is C23H14Cl2N2O5. The third-order valence-corrected chi connectivity index (χ3v) is 5.50. The van der Waals surface area contributed by atoms with Crippen molar-refractivity contribution in [1.29, 1.82) is 5.26 Å². The van der Waals surface area contributed by atoms with Gasteiger partial charge in [0, 0.05) is 10.7 Å². The van der Waals surface area contributed by atoms with E-state index >= 15 is 0 Å². The van der Waals surface area contributed by atoms with Gasteiger partial charge in [-0.25, -0.2) is 0 Å². The minimum absolute atomic E-state index is 0.0550. The molecule has 2 heterocycles. The minimum atomic E-state index is -1.07. The van der Waals surface area contributed by atoms with Crippen molar-refractivity contribution in [2.24, 2.45) is 0 Å². The van der Waals surface area contributed by atoms with Crippen LogP contribution in [-0.2, 0) is 9.59 Å². The average molecular weight is 469 g/mol. The molecule has 1 aliphatic heterocycles. The number of anilines is 1. The van der Waals surface area contributed by atoms with Gasteiger partial charge in [-0.05, 0) is 48.5 Å². The molecule has 4 rings (SSSR count). The summed E-state index contributed by atoms with van der Waals surface area (Å²) in [6, 6.07) is 13.1. The number of ketones is 1. The summed E-state index contributed by atoms with van der Waals surface area (Å²) in [4.78, 5) is 27.3. The van der Waals surface area contributed by atoms with Gasteiger partial charge in [-0.3, -0.25) is 14.5 Å². The monoisotopic (exact) mass is 468 g/mol. The van der Waals surface area contributed by atoms with Gasteiger partial charge in [0.1, 0.15) is 23.3 Å². The molecule has 32 heavy (non-hydrogen) atoms. The first-order valence-corrected chi connectivity index (χ1v) is 10.0. The maximum absolute atomic E-state index is 13.1. The van der Waals surface area contributed by atoms with E-state index in [1.54, 1.807) is 12.1 Å². The predicted octanol–water partition coefficient (Wildman–Crippen LogP) is 5.09. The van der Waals surface area contributed by atoms with Crippen molar-refractivity contribution in [3.8, 4) is 11.8 Å². The number of nitriles is 1. The summed E-state index contributed by atoms with van der Waals surface area (Å²) < 4.78 is 10.8. The molecule has 1 aliphatic rings. The van der Waals surface area contributed by atoms with Gasteiger partial charge < -0.3 is 14.3 Å². The van der Waals surface area contributed by atoms with E-state index in [4.69, 9.17) is 37.6 Å². The molecule has 0 spiro atoms. The fourth-order valence-electron chi connectivity index (χ4n) is 3.60. The highest BCUT2D eigenvalue weighted by atomic mass is 35.5. The number of carbonyl (C=O) groups is 2. The summed E-state index contributed by atoms with van der Waals surface area (Å²) >= 11 is 12.3. The van der Waals surface area contributed by atoms with Crippen LogP contribution >= 0.6 is 23.2 Å². The molecule has 1 fully saturated rings. The molecule has 1 N–H and O–H groups in total. The van der Waals surface area contributed by atoms with Crippen molar-refractivity contribution in [3.05, 3.63) is 87.3 Å². The number of benzene rings is 2. The van der Waals surface area contributed by atoms with Crippen molar-refractivity contribution in [2.45, 2.75) is 6.04 Å². The molecule has 0 aliphatic carbocycles. The zero-order valence-electron chi connectivity index (χ0n) is 16.5. The van der Waals surface area contributed by atoms with Gasteiger partial charge in [0.25, 0.3) is 11.7 Å². The lowest BCUT2D eigenvalue weighted by Crippen LogP contribution is -2.29. The molecule has 1 saturated heterocycles. The summed E-state index contributed by atoms with van der Waals surface area (Å²) in [5, 5.41) is 20.6. The molecular weight excluding hydrogens is 455 g/mol. The third kappa shape index (κ3) is 3.50. The van der Waals surface area contributed by atoms with Crippen LogP contribution in [-0.4, -0.2) is 23.9 Å². The Morgan fingerprint density at radius 1 is 1.19 bits per heavy atom. The van der Waals surface area contributed by atoms with E-state index in [9.17, 15) is 14.7 Å². The number of ether oxygens (including phenoxy) is 1. The first-order chi connectivity index (χ1) is 15.4. The minimum Gasteiger partial charge on any atom is -0.507 e.